The standard InChI is InChI=1S/C65H108O6/c1-4-7-10-13-16-19-22-25-28-31-33-35-37-40-43-46-49-52-55-58-64(67)70-61-62(60-69-63(66)57-54-51-48-45-42-39-36-30-27-24-21-18-15-12-9-6-3)71-65(68)59-56-53-50-47-44-41-38-34-32-29-26-23-20-17-14-11-8-5-2/h7,10,16-17,19-20,23,25-26,28-29,32-35,38,40,43,62H,4-6,8-9,11-15,18,21-22,24,27,30-31,36-37,39,41-42,44-61H2,1-3H3/b10-7-,19-16-,20-17-,26-23-,28-25-,32-29-,35-33-,38-34-,43-40-. The second kappa shape index (κ2) is 58.6. The number of hydrogen-bond acceptors (Lipinski definition) is 6. The Bertz CT molecular complexity index is 1460. The van der Waals surface area contributed by atoms with Gasteiger partial charge in [0.15, 0.2) is 6.10 Å². The lowest BCUT2D eigenvalue weighted by atomic mass is 10.0. The van der Waals surface area contributed by atoms with Crippen LogP contribution in [0.25, 0.3) is 0 Å². The van der Waals surface area contributed by atoms with Gasteiger partial charge in [0.1, 0.15) is 13.2 Å². The minimum Gasteiger partial charge on any atom is -0.462 e. The first kappa shape index (κ1) is 67.1. The van der Waals surface area contributed by atoms with Gasteiger partial charge in [0.05, 0.1) is 0 Å². The molecular weight excluding hydrogens is 877 g/mol. The van der Waals surface area contributed by atoms with Crippen molar-refractivity contribution >= 4 is 17.9 Å². The maximum atomic E-state index is 12.9. The molecule has 0 saturated carbocycles. The third-order valence-electron chi connectivity index (χ3n) is 12.4. The molecule has 1 unspecified atom stereocenters. The van der Waals surface area contributed by atoms with Gasteiger partial charge in [0, 0.05) is 19.3 Å². The van der Waals surface area contributed by atoms with E-state index < -0.39 is 6.10 Å². The Morgan fingerprint density at radius 3 is 1.03 bits per heavy atom. The Hall–Kier alpha value is -3.93. The highest BCUT2D eigenvalue weighted by atomic mass is 16.6. The van der Waals surface area contributed by atoms with E-state index in [1.54, 1.807) is 0 Å². The molecular formula is C65H108O6. The smallest absolute Gasteiger partial charge is 0.306 e. The second-order valence-corrected chi connectivity index (χ2v) is 19.3. The molecule has 0 bridgehead atoms. The van der Waals surface area contributed by atoms with Crippen molar-refractivity contribution in [3.8, 4) is 0 Å². The molecule has 0 fully saturated rings. The van der Waals surface area contributed by atoms with Gasteiger partial charge in [-0.3, -0.25) is 14.4 Å². The molecule has 0 aromatic carbocycles. The predicted molar refractivity (Wildman–Crippen MR) is 307 cm³/mol. The normalized spacial score (nSPS) is 12.9. The van der Waals surface area contributed by atoms with Gasteiger partial charge < -0.3 is 14.2 Å². The number of esters is 3. The van der Waals surface area contributed by atoms with Crippen LogP contribution in [0.15, 0.2) is 109 Å². The van der Waals surface area contributed by atoms with E-state index in [1.807, 2.05) is 0 Å². The van der Waals surface area contributed by atoms with Crippen molar-refractivity contribution in [1.29, 1.82) is 0 Å². The Kier molecular flexibility index (Phi) is 55.4. The molecule has 6 heteroatoms. The van der Waals surface area contributed by atoms with Crippen LogP contribution in [-0.2, 0) is 28.6 Å². The Balaban J connectivity index is 4.50. The predicted octanol–water partition coefficient (Wildman–Crippen LogP) is 19.9. The zero-order valence-electron chi connectivity index (χ0n) is 46.2. The highest BCUT2D eigenvalue weighted by Gasteiger charge is 2.19. The average Bonchev–Trinajstić information content (AvgIpc) is 3.37. The fourth-order valence-electron chi connectivity index (χ4n) is 7.95. The molecule has 0 aliphatic rings. The minimum absolute atomic E-state index is 0.0981. The first-order chi connectivity index (χ1) is 35.0. The van der Waals surface area contributed by atoms with E-state index in [4.69, 9.17) is 14.2 Å². The van der Waals surface area contributed by atoms with Gasteiger partial charge in [-0.15, -0.1) is 0 Å². The van der Waals surface area contributed by atoms with Crippen molar-refractivity contribution in [3.63, 3.8) is 0 Å². The quantitative estimate of drug-likeness (QED) is 0.0199. The van der Waals surface area contributed by atoms with Crippen LogP contribution in [0.2, 0.25) is 0 Å². The number of unbranched alkanes of at least 4 members (excludes halogenated alkanes) is 26. The summed E-state index contributed by atoms with van der Waals surface area (Å²) in [5.41, 5.74) is 0. The van der Waals surface area contributed by atoms with Crippen LogP contribution in [0.3, 0.4) is 0 Å². The number of rotatable bonds is 52. The van der Waals surface area contributed by atoms with Gasteiger partial charge in [0.25, 0.3) is 0 Å². The molecule has 404 valence electrons. The summed E-state index contributed by atoms with van der Waals surface area (Å²) in [4.78, 5) is 38.2. The SMILES string of the molecule is CC/C=C\C/C=C\C/C=C\C/C=C\C/C=C\CCCCCC(=O)OCC(COC(=O)CCCCCCCCCCCCCCCCCC)OC(=O)CCCCCCC\C=C/C=C\C=C/C=C\CCCCC. The van der Waals surface area contributed by atoms with Crippen LogP contribution in [0.5, 0.6) is 0 Å². The summed E-state index contributed by atoms with van der Waals surface area (Å²) in [5.74, 6) is -0.950. The maximum absolute atomic E-state index is 12.9. The number of hydrogen-bond donors (Lipinski definition) is 0. The van der Waals surface area contributed by atoms with Crippen LogP contribution in [0.4, 0.5) is 0 Å². The largest absolute Gasteiger partial charge is 0.462 e. The van der Waals surface area contributed by atoms with Gasteiger partial charge in [-0.25, -0.2) is 0 Å². The highest BCUT2D eigenvalue weighted by molar-refractivity contribution is 5.71. The summed E-state index contributed by atoms with van der Waals surface area (Å²) in [7, 11) is 0. The van der Waals surface area contributed by atoms with Crippen LogP contribution < -0.4 is 0 Å². The molecule has 0 amide bonds. The molecule has 0 aliphatic heterocycles. The molecule has 0 N–H and O–H groups in total. The summed E-state index contributed by atoms with van der Waals surface area (Å²) in [6.45, 7) is 6.45. The number of carbonyl (C=O) groups is 3. The molecule has 71 heavy (non-hydrogen) atoms. The number of ether oxygens (including phenoxy) is 3. The molecule has 0 rings (SSSR count). The average molecular weight is 986 g/mol. The van der Waals surface area contributed by atoms with Gasteiger partial charge in [-0.05, 0) is 89.9 Å². The van der Waals surface area contributed by atoms with E-state index in [0.717, 1.165) is 122 Å². The van der Waals surface area contributed by atoms with E-state index in [-0.39, 0.29) is 31.1 Å². The molecule has 0 spiro atoms. The van der Waals surface area contributed by atoms with Crippen LogP contribution >= 0.6 is 0 Å². The lowest BCUT2D eigenvalue weighted by Crippen LogP contribution is -2.30. The Morgan fingerprint density at radius 1 is 0.310 bits per heavy atom. The van der Waals surface area contributed by atoms with E-state index in [0.29, 0.717) is 19.3 Å². The molecule has 0 radical (unpaired) electrons. The van der Waals surface area contributed by atoms with Crippen molar-refractivity contribution in [3.05, 3.63) is 109 Å². The molecule has 6 nitrogen and oxygen atoms in total. The summed E-state index contributed by atoms with van der Waals surface area (Å²) < 4.78 is 16.8. The monoisotopic (exact) mass is 985 g/mol. The topological polar surface area (TPSA) is 78.9 Å². The van der Waals surface area contributed by atoms with Crippen molar-refractivity contribution in [1.82, 2.24) is 0 Å². The molecule has 1 atom stereocenters. The van der Waals surface area contributed by atoms with E-state index in [9.17, 15) is 14.4 Å². The molecule has 0 aliphatic carbocycles. The van der Waals surface area contributed by atoms with Gasteiger partial charge in [-0.2, -0.15) is 0 Å². The fourth-order valence-corrected chi connectivity index (χ4v) is 7.95. The van der Waals surface area contributed by atoms with Crippen molar-refractivity contribution in [2.75, 3.05) is 13.2 Å². The van der Waals surface area contributed by atoms with Gasteiger partial charge >= 0.3 is 17.9 Å². The summed E-state index contributed by atoms with van der Waals surface area (Å²) in [5, 5.41) is 0. The lowest BCUT2D eigenvalue weighted by Gasteiger charge is -2.18. The summed E-state index contributed by atoms with van der Waals surface area (Å²) in [6, 6.07) is 0. The van der Waals surface area contributed by atoms with Crippen molar-refractivity contribution < 1.29 is 28.6 Å². The third-order valence-corrected chi connectivity index (χ3v) is 12.4. The fraction of sp³-hybridized carbons (Fsp3) is 0.677. The molecule has 0 saturated heterocycles. The van der Waals surface area contributed by atoms with E-state index >= 15 is 0 Å². The van der Waals surface area contributed by atoms with Gasteiger partial charge in [-0.1, -0.05) is 265 Å². The second-order valence-electron chi connectivity index (χ2n) is 19.3. The Labute approximate surface area is 438 Å². The Morgan fingerprint density at radius 2 is 0.606 bits per heavy atom. The summed E-state index contributed by atoms with van der Waals surface area (Å²) in [6.07, 6.45) is 79.3. The lowest BCUT2D eigenvalue weighted by molar-refractivity contribution is -0.167. The highest BCUT2D eigenvalue weighted by Crippen LogP contribution is 2.15. The summed E-state index contributed by atoms with van der Waals surface area (Å²) >= 11 is 0. The van der Waals surface area contributed by atoms with Crippen LogP contribution in [-0.4, -0.2) is 37.2 Å². The zero-order chi connectivity index (χ0) is 51.4. The van der Waals surface area contributed by atoms with Crippen molar-refractivity contribution in [2.45, 2.75) is 271 Å². The van der Waals surface area contributed by atoms with E-state index in [1.165, 1.54) is 103 Å². The number of allylic oxidation sites excluding steroid dienone is 18. The van der Waals surface area contributed by atoms with Gasteiger partial charge in [0.2, 0.25) is 0 Å². The van der Waals surface area contributed by atoms with E-state index in [2.05, 4.69) is 130 Å². The van der Waals surface area contributed by atoms with Crippen LogP contribution in [0.1, 0.15) is 265 Å². The van der Waals surface area contributed by atoms with Crippen LogP contribution in [0, 0.1) is 0 Å². The zero-order valence-corrected chi connectivity index (χ0v) is 46.2. The first-order valence-electron chi connectivity index (χ1n) is 29.4. The molecule has 0 heterocycles. The first-order valence-corrected chi connectivity index (χ1v) is 29.4. The maximum Gasteiger partial charge on any atom is 0.306 e. The molecule has 0 aromatic heterocycles. The third kappa shape index (κ3) is 56.9. The van der Waals surface area contributed by atoms with Crippen molar-refractivity contribution in [2.24, 2.45) is 0 Å². The number of carbonyl (C=O) groups excluding carboxylic acids is 3. The minimum atomic E-state index is -0.806. The molecule has 0 aromatic rings.